The molecule has 1 atom stereocenters. The van der Waals surface area contributed by atoms with Crippen LogP contribution < -0.4 is 10.1 Å². The van der Waals surface area contributed by atoms with E-state index in [-0.39, 0.29) is 0 Å². The second kappa shape index (κ2) is 14.7. The number of aliphatic hydroxyl groups is 1. The molecule has 8 nitrogen and oxygen atoms in total. The van der Waals surface area contributed by atoms with Crippen molar-refractivity contribution >= 4 is 11.9 Å². The van der Waals surface area contributed by atoms with Gasteiger partial charge in [0.25, 0.3) is 0 Å². The summed E-state index contributed by atoms with van der Waals surface area (Å²) in [6.45, 7) is 3.67. The van der Waals surface area contributed by atoms with Crippen molar-refractivity contribution in [3.8, 4) is 5.75 Å². The summed E-state index contributed by atoms with van der Waals surface area (Å²) in [5.74, 6) is -0.510. The molecule has 3 aliphatic rings. The number of aryl methyl sites for hydroxylation is 1. The molecule has 2 aliphatic heterocycles. The summed E-state index contributed by atoms with van der Waals surface area (Å²) >= 11 is 0. The summed E-state index contributed by atoms with van der Waals surface area (Å²) in [5, 5.41) is 31.2. The fourth-order valence-electron chi connectivity index (χ4n) is 7.06. The molecule has 1 unspecified atom stereocenters. The van der Waals surface area contributed by atoms with E-state index < -0.39 is 17.5 Å². The first-order valence-electron chi connectivity index (χ1n) is 15.9. The number of carbonyl (C=O) groups is 2. The molecule has 44 heavy (non-hydrogen) atoms. The highest BCUT2D eigenvalue weighted by Crippen LogP contribution is 2.43. The normalized spacial score (nSPS) is 18.6. The van der Waals surface area contributed by atoms with Crippen LogP contribution in [0.3, 0.4) is 0 Å². The van der Waals surface area contributed by atoms with Crippen LogP contribution in [0, 0.1) is 5.92 Å². The zero-order valence-corrected chi connectivity index (χ0v) is 25.3. The zero-order valence-electron chi connectivity index (χ0n) is 25.3. The number of benzene rings is 2. The van der Waals surface area contributed by atoms with Crippen molar-refractivity contribution in [1.29, 1.82) is 0 Å². The molecule has 3 heterocycles. The van der Waals surface area contributed by atoms with E-state index in [1.807, 2.05) is 6.07 Å². The van der Waals surface area contributed by atoms with Crippen LogP contribution in [0.5, 0.6) is 5.75 Å². The van der Waals surface area contributed by atoms with E-state index in [4.69, 9.17) is 14.9 Å². The maximum Gasteiger partial charge on any atom is 0.328 e. The molecule has 8 heteroatoms. The van der Waals surface area contributed by atoms with Crippen LogP contribution in [-0.4, -0.2) is 44.9 Å². The lowest BCUT2D eigenvalue weighted by Crippen LogP contribution is -2.37. The van der Waals surface area contributed by atoms with Gasteiger partial charge in [0, 0.05) is 23.9 Å². The van der Waals surface area contributed by atoms with Crippen LogP contribution in [0.15, 0.2) is 72.9 Å². The van der Waals surface area contributed by atoms with Crippen LogP contribution >= 0.6 is 0 Å². The first-order valence-corrected chi connectivity index (χ1v) is 15.9. The second-order valence-corrected chi connectivity index (χ2v) is 12.2. The molecular formula is C36H44N2O6. The van der Waals surface area contributed by atoms with Gasteiger partial charge in [-0.05, 0) is 92.3 Å². The van der Waals surface area contributed by atoms with Gasteiger partial charge in [0.2, 0.25) is 0 Å². The fraction of sp³-hybridized carbons (Fsp3) is 0.444. The van der Waals surface area contributed by atoms with Gasteiger partial charge >= 0.3 is 11.9 Å². The Morgan fingerprint density at radius 2 is 1.64 bits per heavy atom. The molecule has 6 rings (SSSR count). The molecule has 0 bridgehead atoms. The zero-order chi connectivity index (χ0) is 30.9. The molecule has 4 N–H and O–H groups in total. The van der Waals surface area contributed by atoms with Gasteiger partial charge in [-0.1, -0.05) is 61.7 Å². The molecule has 1 saturated carbocycles. The molecule has 0 amide bonds. The lowest BCUT2D eigenvalue weighted by molar-refractivity contribution is -0.134. The predicted octanol–water partition coefficient (Wildman–Crippen LogP) is 6.01. The van der Waals surface area contributed by atoms with Gasteiger partial charge < -0.3 is 29.9 Å². The largest absolute Gasteiger partial charge is 0.487 e. The van der Waals surface area contributed by atoms with Gasteiger partial charge in [0.05, 0.1) is 17.8 Å². The highest BCUT2D eigenvalue weighted by atomic mass is 16.5. The third-order valence-corrected chi connectivity index (χ3v) is 9.47. The maximum absolute atomic E-state index is 12.1. The molecule has 1 aromatic heterocycles. The number of rotatable bonds is 8. The summed E-state index contributed by atoms with van der Waals surface area (Å²) in [7, 11) is 0. The number of fused-ring (bicyclic) bond motifs is 2. The lowest BCUT2D eigenvalue weighted by Gasteiger charge is -2.39. The smallest absolute Gasteiger partial charge is 0.328 e. The van der Waals surface area contributed by atoms with Gasteiger partial charge in [0.1, 0.15) is 12.4 Å². The van der Waals surface area contributed by atoms with Gasteiger partial charge in [-0.15, -0.1) is 0 Å². The SMILES string of the molecule is O=C(O)/C=C\C(=O)O.OC(CCc1ccn2c1COc1ccc(C3CCNCC3)cc1C2)(c1ccccc1)C1CCCCC1. The molecule has 1 saturated heterocycles. The standard InChI is InChI=1S/C32H40N2O2.C4H4O4/c35-32(28-7-3-1-4-8-28,29-9-5-2-6-10-29)17-13-25-16-20-34-22-27-21-26(24-14-18-33-19-15-24)11-12-31(27)36-23-30(25)34;5-3(6)1-2-4(7)8/h1,3-4,7-8,11-12,16,20-21,24,29,33,35H,2,5-6,9-10,13-15,17-19,22-23H2;1-2H,(H,5,6)(H,7,8)/b;2-1-. The predicted molar refractivity (Wildman–Crippen MR) is 169 cm³/mol. The number of piperidine rings is 1. The van der Waals surface area contributed by atoms with Gasteiger partial charge in [-0.2, -0.15) is 0 Å². The Morgan fingerprint density at radius 3 is 2.32 bits per heavy atom. The summed E-state index contributed by atoms with van der Waals surface area (Å²) in [6.07, 6.45) is 13.4. The summed E-state index contributed by atoms with van der Waals surface area (Å²) < 4.78 is 8.72. The van der Waals surface area contributed by atoms with Crippen LogP contribution in [0.25, 0.3) is 0 Å². The Hall–Kier alpha value is -3.88. The van der Waals surface area contributed by atoms with Crippen LogP contribution in [0.4, 0.5) is 0 Å². The number of ether oxygens (including phenoxy) is 1. The average Bonchev–Trinajstić information content (AvgIpc) is 3.34. The molecule has 234 valence electrons. The Balaban J connectivity index is 0.000000426. The minimum atomic E-state index is -1.26. The van der Waals surface area contributed by atoms with E-state index >= 15 is 0 Å². The van der Waals surface area contributed by atoms with Crippen molar-refractivity contribution in [3.63, 3.8) is 0 Å². The number of hydrogen-bond acceptors (Lipinski definition) is 5. The highest BCUT2D eigenvalue weighted by Gasteiger charge is 2.38. The molecular weight excluding hydrogens is 556 g/mol. The second-order valence-electron chi connectivity index (χ2n) is 12.2. The number of aromatic nitrogens is 1. The average molecular weight is 601 g/mol. The molecule has 2 fully saturated rings. The Kier molecular flexibility index (Phi) is 10.6. The minimum absolute atomic E-state index is 0.337. The Bertz CT molecular complexity index is 1420. The number of nitrogens with one attached hydrogen (secondary N) is 1. The third-order valence-electron chi connectivity index (χ3n) is 9.47. The Labute approximate surface area is 259 Å². The van der Waals surface area contributed by atoms with E-state index in [0.717, 1.165) is 56.6 Å². The summed E-state index contributed by atoms with van der Waals surface area (Å²) in [6, 6.07) is 19.5. The van der Waals surface area contributed by atoms with Gasteiger partial charge in [0.15, 0.2) is 0 Å². The first kappa shape index (κ1) is 31.5. The number of aliphatic carboxylic acids is 2. The lowest BCUT2D eigenvalue weighted by atomic mass is 9.71. The van der Waals surface area contributed by atoms with Crippen molar-refractivity contribution in [1.82, 2.24) is 9.88 Å². The van der Waals surface area contributed by atoms with Crippen molar-refractivity contribution < 1.29 is 29.6 Å². The van der Waals surface area contributed by atoms with E-state index in [0.29, 0.717) is 30.6 Å². The van der Waals surface area contributed by atoms with Crippen molar-refractivity contribution in [2.75, 3.05) is 13.1 Å². The van der Waals surface area contributed by atoms with Crippen molar-refractivity contribution in [2.24, 2.45) is 5.92 Å². The first-order chi connectivity index (χ1) is 21.3. The highest BCUT2D eigenvalue weighted by molar-refractivity contribution is 5.89. The van der Waals surface area contributed by atoms with Gasteiger partial charge in [-0.3, -0.25) is 0 Å². The summed E-state index contributed by atoms with van der Waals surface area (Å²) in [4.78, 5) is 19.1. The monoisotopic (exact) mass is 600 g/mol. The van der Waals surface area contributed by atoms with E-state index in [1.165, 1.54) is 54.5 Å². The topological polar surface area (TPSA) is 121 Å². The van der Waals surface area contributed by atoms with Crippen molar-refractivity contribution in [2.45, 2.75) is 82.5 Å². The van der Waals surface area contributed by atoms with E-state index in [2.05, 4.69) is 64.6 Å². The van der Waals surface area contributed by atoms with Crippen molar-refractivity contribution in [3.05, 3.63) is 101 Å². The quantitative estimate of drug-likeness (QED) is 0.234. The third kappa shape index (κ3) is 7.79. The van der Waals surface area contributed by atoms with Crippen LogP contribution in [0.1, 0.15) is 85.2 Å². The maximum atomic E-state index is 12.1. The molecule has 0 radical (unpaired) electrons. The number of nitrogens with zero attached hydrogens (tertiary/aromatic N) is 1. The molecule has 3 aromatic rings. The van der Waals surface area contributed by atoms with Crippen LogP contribution in [0.2, 0.25) is 0 Å². The molecule has 2 aromatic carbocycles. The summed E-state index contributed by atoms with van der Waals surface area (Å²) in [5.41, 5.74) is 5.62. The number of hydrogen-bond donors (Lipinski definition) is 4. The van der Waals surface area contributed by atoms with E-state index in [1.54, 1.807) is 0 Å². The Morgan fingerprint density at radius 1 is 0.932 bits per heavy atom. The number of carboxylic acid groups (broad SMARTS) is 2. The number of carboxylic acids is 2. The minimum Gasteiger partial charge on any atom is -0.487 e. The van der Waals surface area contributed by atoms with E-state index in [9.17, 15) is 14.7 Å². The molecule has 1 aliphatic carbocycles. The molecule has 0 spiro atoms. The fourth-order valence-corrected chi connectivity index (χ4v) is 7.06. The van der Waals surface area contributed by atoms with Gasteiger partial charge in [-0.25, -0.2) is 9.59 Å². The van der Waals surface area contributed by atoms with Crippen LogP contribution in [-0.2, 0) is 34.8 Å².